The molecule has 0 aliphatic carbocycles. The molecule has 0 fully saturated rings. The van der Waals surface area contributed by atoms with Crippen LogP contribution in [-0.2, 0) is 0 Å². The minimum atomic E-state index is 0.632. The third kappa shape index (κ3) is 4.24. The predicted molar refractivity (Wildman–Crippen MR) is 191 cm³/mol. The van der Waals surface area contributed by atoms with Crippen molar-refractivity contribution in [2.24, 2.45) is 0 Å². The molecule has 0 radical (unpaired) electrons. The standard InChI is InChI=1S/C42H34N4/c1-24-7-11-32-33-12-8-25(2)16-38(33)45(37(32)15-24)41-21-31(23-43)36(30-19-28(5)44-29(6)20-30)22-42(41)46-39-17-26(3)9-13-34(39)35-14-10-27(4)18-40(35)46/h7-22H,1-6H3. The second-order valence-electron chi connectivity index (χ2n) is 12.9. The molecule has 5 aromatic carbocycles. The summed E-state index contributed by atoms with van der Waals surface area (Å²) in [6.45, 7) is 12.6. The average molecular weight is 595 g/mol. The summed E-state index contributed by atoms with van der Waals surface area (Å²) in [4.78, 5) is 4.64. The van der Waals surface area contributed by atoms with Gasteiger partial charge in [0.05, 0.1) is 45.1 Å². The van der Waals surface area contributed by atoms with Crippen molar-refractivity contribution < 1.29 is 0 Å². The number of benzene rings is 5. The first-order chi connectivity index (χ1) is 22.2. The fraction of sp³-hybridized carbons (Fsp3) is 0.143. The van der Waals surface area contributed by atoms with Crippen molar-refractivity contribution in [1.29, 1.82) is 5.26 Å². The Bertz CT molecular complexity index is 2470. The van der Waals surface area contributed by atoms with Gasteiger partial charge in [0.2, 0.25) is 0 Å². The minimum absolute atomic E-state index is 0.632. The van der Waals surface area contributed by atoms with Crippen LogP contribution in [0.25, 0.3) is 66.1 Å². The Kier molecular flexibility index (Phi) is 6.17. The number of nitrogens with zero attached hydrogens (tertiary/aromatic N) is 4. The van der Waals surface area contributed by atoms with Crippen LogP contribution in [0, 0.1) is 52.9 Å². The maximum Gasteiger partial charge on any atom is 0.0998 e. The lowest BCUT2D eigenvalue weighted by Crippen LogP contribution is -2.06. The summed E-state index contributed by atoms with van der Waals surface area (Å²) < 4.78 is 4.78. The Morgan fingerprint density at radius 2 is 0.848 bits per heavy atom. The minimum Gasteiger partial charge on any atom is -0.307 e. The van der Waals surface area contributed by atoms with E-state index in [1.54, 1.807) is 0 Å². The van der Waals surface area contributed by atoms with Crippen LogP contribution in [0.5, 0.6) is 0 Å². The average Bonchev–Trinajstić information content (AvgIpc) is 3.50. The van der Waals surface area contributed by atoms with E-state index in [4.69, 9.17) is 0 Å². The molecule has 3 aromatic heterocycles. The van der Waals surface area contributed by atoms with E-state index in [0.717, 1.165) is 56.0 Å². The van der Waals surface area contributed by atoms with Crippen LogP contribution in [0.1, 0.15) is 39.2 Å². The maximum absolute atomic E-state index is 10.7. The van der Waals surface area contributed by atoms with Crippen molar-refractivity contribution >= 4 is 43.6 Å². The van der Waals surface area contributed by atoms with Gasteiger partial charge in [0.25, 0.3) is 0 Å². The van der Waals surface area contributed by atoms with Crippen molar-refractivity contribution in [2.45, 2.75) is 41.5 Å². The number of hydrogen-bond donors (Lipinski definition) is 0. The molecule has 0 saturated heterocycles. The zero-order valence-electron chi connectivity index (χ0n) is 27.0. The molecule has 0 spiro atoms. The Hall–Kier alpha value is -5.66. The van der Waals surface area contributed by atoms with E-state index in [2.05, 4.69) is 145 Å². The molecule has 0 aliphatic heterocycles. The van der Waals surface area contributed by atoms with Gasteiger partial charge in [-0.05, 0) is 118 Å². The van der Waals surface area contributed by atoms with E-state index in [0.29, 0.717) is 5.56 Å². The molecule has 0 N–H and O–H groups in total. The lowest BCUT2D eigenvalue weighted by atomic mass is 9.97. The summed E-state index contributed by atoms with van der Waals surface area (Å²) in [7, 11) is 0. The fourth-order valence-corrected chi connectivity index (χ4v) is 7.25. The monoisotopic (exact) mass is 594 g/mol. The van der Waals surface area contributed by atoms with Crippen LogP contribution in [0.15, 0.2) is 97.1 Å². The van der Waals surface area contributed by atoms with Gasteiger partial charge in [0, 0.05) is 38.5 Å². The number of aromatic nitrogens is 3. The van der Waals surface area contributed by atoms with Gasteiger partial charge in [-0.1, -0.05) is 48.5 Å². The van der Waals surface area contributed by atoms with Crippen LogP contribution >= 0.6 is 0 Å². The molecule has 8 rings (SSSR count). The molecule has 46 heavy (non-hydrogen) atoms. The van der Waals surface area contributed by atoms with E-state index in [1.807, 2.05) is 13.8 Å². The Labute approximate surface area is 268 Å². The molecule has 0 amide bonds. The summed E-state index contributed by atoms with van der Waals surface area (Å²) in [6, 6.07) is 37.9. The molecule has 8 aromatic rings. The number of pyridine rings is 1. The third-order valence-corrected chi connectivity index (χ3v) is 9.27. The maximum atomic E-state index is 10.7. The molecule has 0 unspecified atom stereocenters. The molecule has 0 saturated carbocycles. The lowest BCUT2D eigenvalue weighted by Gasteiger charge is -2.20. The van der Waals surface area contributed by atoms with Gasteiger partial charge >= 0.3 is 0 Å². The van der Waals surface area contributed by atoms with Crippen molar-refractivity contribution in [3.05, 3.63) is 136 Å². The summed E-state index contributed by atoms with van der Waals surface area (Å²) in [5.41, 5.74) is 15.7. The first kappa shape index (κ1) is 27.9. The van der Waals surface area contributed by atoms with Gasteiger partial charge in [-0.3, -0.25) is 4.98 Å². The van der Waals surface area contributed by atoms with Crippen LogP contribution in [0.3, 0.4) is 0 Å². The van der Waals surface area contributed by atoms with Gasteiger partial charge in [0.15, 0.2) is 0 Å². The van der Waals surface area contributed by atoms with Crippen molar-refractivity contribution in [2.75, 3.05) is 0 Å². The lowest BCUT2D eigenvalue weighted by molar-refractivity contribution is 1.09. The zero-order valence-corrected chi connectivity index (χ0v) is 27.0. The summed E-state index contributed by atoms with van der Waals surface area (Å²) >= 11 is 0. The van der Waals surface area contributed by atoms with Crippen LogP contribution < -0.4 is 0 Å². The second-order valence-corrected chi connectivity index (χ2v) is 12.9. The number of nitriles is 1. The topological polar surface area (TPSA) is 46.5 Å². The smallest absolute Gasteiger partial charge is 0.0998 e. The summed E-state index contributed by atoms with van der Waals surface area (Å²) in [5, 5.41) is 15.5. The molecule has 0 aliphatic rings. The van der Waals surface area contributed by atoms with Crippen molar-refractivity contribution in [3.63, 3.8) is 0 Å². The van der Waals surface area contributed by atoms with Gasteiger partial charge in [-0.15, -0.1) is 0 Å². The van der Waals surface area contributed by atoms with Crippen LogP contribution in [-0.4, -0.2) is 14.1 Å². The highest BCUT2D eigenvalue weighted by Crippen LogP contribution is 2.41. The number of aryl methyl sites for hydroxylation is 6. The number of hydrogen-bond acceptors (Lipinski definition) is 2. The molecule has 0 bridgehead atoms. The highest BCUT2D eigenvalue weighted by molar-refractivity contribution is 6.12. The van der Waals surface area contributed by atoms with E-state index < -0.39 is 0 Å². The second kappa shape index (κ2) is 10.2. The Balaban J connectivity index is 1.61. The molecular weight excluding hydrogens is 560 g/mol. The van der Waals surface area contributed by atoms with Gasteiger partial charge < -0.3 is 9.13 Å². The van der Waals surface area contributed by atoms with E-state index in [9.17, 15) is 5.26 Å². The summed E-state index contributed by atoms with van der Waals surface area (Å²) in [6.07, 6.45) is 0. The van der Waals surface area contributed by atoms with E-state index in [-0.39, 0.29) is 0 Å². The SMILES string of the molecule is Cc1ccc2c3ccc(C)cc3n(-c3cc(C#N)c(-c4cc(C)nc(C)c4)cc3-n3c4cc(C)ccc4c4ccc(C)cc43)c2c1. The molecule has 4 heteroatoms. The predicted octanol–water partition coefficient (Wildman–Crippen LogP) is 10.7. The number of rotatable bonds is 3. The Morgan fingerprint density at radius 1 is 0.478 bits per heavy atom. The first-order valence-corrected chi connectivity index (χ1v) is 15.8. The molecular formula is C42H34N4. The van der Waals surface area contributed by atoms with Gasteiger partial charge in [0.1, 0.15) is 0 Å². The first-order valence-electron chi connectivity index (χ1n) is 15.8. The molecule has 0 atom stereocenters. The fourth-order valence-electron chi connectivity index (χ4n) is 7.25. The third-order valence-electron chi connectivity index (χ3n) is 9.27. The van der Waals surface area contributed by atoms with Crippen molar-refractivity contribution in [3.8, 4) is 28.6 Å². The quantitative estimate of drug-likeness (QED) is 0.204. The highest BCUT2D eigenvalue weighted by Gasteiger charge is 2.23. The van der Waals surface area contributed by atoms with Crippen molar-refractivity contribution in [1.82, 2.24) is 14.1 Å². The highest BCUT2D eigenvalue weighted by atomic mass is 15.1. The Morgan fingerprint density at radius 3 is 1.22 bits per heavy atom. The largest absolute Gasteiger partial charge is 0.307 e. The van der Waals surface area contributed by atoms with E-state index >= 15 is 0 Å². The normalized spacial score (nSPS) is 11.7. The molecule has 222 valence electrons. The van der Waals surface area contributed by atoms with Gasteiger partial charge in [-0.2, -0.15) is 5.26 Å². The van der Waals surface area contributed by atoms with E-state index in [1.165, 1.54) is 43.8 Å². The van der Waals surface area contributed by atoms with Crippen LogP contribution in [0.4, 0.5) is 0 Å². The number of fused-ring (bicyclic) bond motifs is 6. The zero-order chi connectivity index (χ0) is 31.9. The molecule has 3 heterocycles. The molecule has 4 nitrogen and oxygen atoms in total. The summed E-state index contributed by atoms with van der Waals surface area (Å²) in [5.74, 6) is 0. The van der Waals surface area contributed by atoms with Crippen LogP contribution in [0.2, 0.25) is 0 Å². The van der Waals surface area contributed by atoms with Gasteiger partial charge in [-0.25, -0.2) is 0 Å².